The zero-order chi connectivity index (χ0) is 13.6. The van der Waals surface area contributed by atoms with Gasteiger partial charge in [0.1, 0.15) is 6.23 Å². The van der Waals surface area contributed by atoms with E-state index in [4.69, 9.17) is 4.74 Å². The van der Waals surface area contributed by atoms with E-state index in [1.807, 2.05) is 0 Å². The molecule has 1 heterocycles. The van der Waals surface area contributed by atoms with Gasteiger partial charge in [0.2, 0.25) is 0 Å². The Hall–Kier alpha value is -0.820. The second-order valence-corrected chi connectivity index (χ2v) is 5.92. The number of nitrogens with one attached hydrogen (secondary N) is 1. The van der Waals surface area contributed by atoms with Gasteiger partial charge in [-0.3, -0.25) is 5.32 Å². The minimum atomic E-state index is -0.00568. The topological polar surface area (TPSA) is 21.3 Å². The smallest absolute Gasteiger partial charge is 0.117 e. The van der Waals surface area contributed by atoms with Crippen molar-refractivity contribution < 1.29 is 4.74 Å². The van der Waals surface area contributed by atoms with Crippen LogP contribution in [-0.4, -0.2) is 19.4 Å². The van der Waals surface area contributed by atoms with Gasteiger partial charge in [-0.1, -0.05) is 25.5 Å². The maximum atomic E-state index is 5.66. The Morgan fingerprint density at radius 3 is 2.67 bits per heavy atom. The Labute approximate surface area is 112 Å². The molecule has 0 saturated carbocycles. The Morgan fingerprint density at radius 1 is 1.39 bits per heavy atom. The van der Waals surface area contributed by atoms with E-state index in [1.54, 1.807) is 0 Å². The predicted molar refractivity (Wildman–Crippen MR) is 77.5 cm³/mol. The normalized spacial score (nSPS) is 19.3. The molecule has 2 heteroatoms. The molecule has 0 unspecified atom stereocenters. The standard InChI is InChI=1S/C16H27NO/c1-13(2)7-6-8-14(3)9-10-16(4,5)15-17-11-12-18-15/h7,10,15,17H,6,8,11-12H2,1-5H3/t9?,15-/m1/s1. The maximum absolute atomic E-state index is 5.66. The van der Waals surface area contributed by atoms with Gasteiger partial charge in [-0.05, 0) is 45.3 Å². The lowest BCUT2D eigenvalue weighted by atomic mass is 9.90. The Kier molecular flexibility index (Phi) is 5.87. The Balaban J connectivity index is 2.56. The second-order valence-electron chi connectivity index (χ2n) is 5.92. The van der Waals surface area contributed by atoms with Gasteiger partial charge in [0.15, 0.2) is 0 Å². The molecular weight excluding hydrogens is 222 g/mol. The molecular formula is C16H27NO. The first-order valence-corrected chi connectivity index (χ1v) is 6.83. The molecule has 0 aliphatic carbocycles. The van der Waals surface area contributed by atoms with Gasteiger partial charge in [-0.15, -0.1) is 5.73 Å². The largest absolute Gasteiger partial charge is 0.361 e. The summed E-state index contributed by atoms with van der Waals surface area (Å²) in [6.45, 7) is 12.6. The summed E-state index contributed by atoms with van der Waals surface area (Å²) in [6, 6.07) is 0. The van der Waals surface area contributed by atoms with Crippen molar-refractivity contribution in [2.45, 2.75) is 53.7 Å². The second kappa shape index (κ2) is 6.94. The summed E-state index contributed by atoms with van der Waals surface area (Å²) in [7, 11) is 0. The van der Waals surface area contributed by atoms with Crippen molar-refractivity contribution in [3.63, 3.8) is 0 Å². The van der Waals surface area contributed by atoms with Crippen LogP contribution in [0.1, 0.15) is 47.5 Å². The molecule has 0 aromatic carbocycles. The van der Waals surface area contributed by atoms with E-state index >= 15 is 0 Å². The van der Waals surface area contributed by atoms with E-state index in [9.17, 15) is 0 Å². The van der Waals surface area contributed by atoms with Crippen LogP contribution in [0.2, 0.25) is 0 Å². The third kappa shape index (κ3) is 5.22. The van der Waals surface area contributed by atoms with E-state index < -0.39 is 0 Å². The summed E-state index contributed by atoms with van der Waals surface area (Å²) in [6.07, 6.45) is 6.73. The summed E-state index contributed by atoms with van der Waals surface area (Å²) in [5, 5.41) is 3.37. The van der Waals surface area contributed by atoms with Crippen LogP contribution in [0.5, 0.6) is 0 Å². The quantitative estimate of drug-likeness (QED) is 0.591. The highest BCUT2D eigenvalue weighted by Crippen LogP contribution is 2.25. The minimum absolute atomic E-state index is 0.00568. The lowest BCUT2D eigenvalue weighted by Crippen LogP contribution is -2.36. The highest BCUT2D eigenvalue weighted by atomic mass is 16.5. The van der Waals surface area contributed by atoms with Gasteiger partial charge >= 0.3 is 0 Å². The lowest BCUT2D eigenvalue weighted by Gasteiger charge is -2.26. The van der Waals surface area contributed by atoms with E-state index in [2.05, 4.69) is 57.8 Å². The third-order valence-electron chi connectivity index (χ3n) is 3.15. The molecule has 18 heavy (non-hydrogen) atoms. The average Bonchev–Trinajstić information content (AvgIpc) is 2.80. The summed E-state index contributed by atoms with van der Waals surface area (Å²) in [5.41, 5.74) is 6.10. The molecule has 1 aliphatic rings. The molecule has 1 saturated heterocycles. The molecule has 0 radical (unpaired) electrons. The fourth-order valence-electron chi connectivity index (χ4n) is 1.94. The molecule has 0 aromatic rings. The Morgan fingerprint density at radius 2 is 2.11 bits per heavy atom. The highest BCUT2D eigenvalue weighted by molar-refractivity contribution is 5.06. The van der Waals surface area contributed by atoms with Crippen molar-refractivity contribution in [3.8, 4) is 0 Å². The predicted octanol–water partition coefficient (Wildman–Crippen LogP) is 3.81. The van der Waals surface area contributed by atoms with Crippen molar-refractivity contribution >= 4 is 0 Å². The monoisotopic (exact) mass is 249 g/mol. The molecule has 0 aromatic heterocycles. The maximum Gasteiger partial charge on any atom is 0.117 e. The fourth-order valence-corrected chi connectivity index (χ4v) is 1.94. The fraction of sp³-hybridized carbons (Fsp3) is 0.688. The van der Waals surface area contributed by atoms with Crippen molar-refractivity contribution in [3.05, 3.63) is 29.0 Å². The first-order chi connectivity index (χ1) is 8.42. The molecule has 1 N–H and O–H groups in total. The van der Waals surface area contributed by atoms with Gasteiger partial charge in [-0.25, -0.2) is 0 Å². The summed E-state index contributed by atoms with van der Waals surface area (Å²) in [5.74, 6) is 0. The van der Waals surface area contributed by atoms with Gasteiger partial charge in [0.05, 0.1) is 6.61 Å². The number of ether oxygens (including phenoxy) is 1. The average molecular weight is 249 g/mol. The molecule has 102 valence electrons. The van der Waals surface area contributed by atoms with E-state index in [0.717, 1.165) is 26.0 Å². The van der Waals surface area contributed by atoms with Crippen LogP contribution in [0.15, 0.2) is 29.0 Å². The minimum Gasteiger partial charge on any atom is -0.361 e. The van der Waals surface area contributed by atoms with Crippen molar-refractivity contribution in [1.82, 2.24) is 5.32 Å². The first-order valence-electron chi connectivity index (χ1n) is 6.83. The lowest BCUT2D eigenvalue weighted by molar-refractivity contribution is 0.0320. The van der Waals surface area contributed by atoms with Crippen LogP contribution in [0.3, 0.4) is 0 Å². The number of rotatable bonds is 5. The molecule has 2 nitrogen and oxygen atoms in total. The van der Waals surface area contributed by atoms with Crippen LogP contribution < -0.4 is 5.32 Å². The third-order valence-corrected chi connectivity index (χ3v) is 3.15. The van der Waals surface area contributed by atoms with Crippen molar-refractivity contribution in [2.24, 2.45) is 5.41 Å². The summed E-state index contributed by atoms with van der Waals surface area (Å²) < 4.78 is 5.66. The van der Waals surface area contributed by atoms with Crippen LogP contribution in [0.4, 0.5) is 0 Å². The van der Waals surface area contributed by atoms with E-state index in [0.29, 0.717) is 0 Å². The molecule has 1 rings (SSSR count). The van der Waals surface area contributed by atoms with Gasteiger partial charge in [0, 0.05) is 12.0 Å². The first kappa shape index (κ1) is 15.2. The molecule has 0 spiro atoms. The highest BCUT2D eigenvalue weighted by Gasteiger charge is 2.30. The van der Waals surface area contributed by atoms with Crippen LogP contribution in [0, 0.1) is 5.41 Å². The van der Waals surface area contributed by atoms with Crippen molar-refractivity contribution in [2.75, 3.05) is 13.2 Å². The Bertz CT molecular complexity index is 349. The zero-order valence-corrected chi connectivity index (χ0v) is 12.5. The van der Waals surface area contributed by atoms with Gasteiger partial charge in [-0.2, -0.15) is 0 Å². The summed E-state index contributed by atoms with van der Waals surface area (Å²) >= 11 is 0. The SMILES string of the molecule is CC(=C=CC(C)(C)[C@@H]1NCCO1)CCC=C(C)C. The molecule has 1 aliphatic heterocycles. The summed E-state index contributed by atoms with van der Waals surface area (Å²) in [4.78, 5) is 0. The number of allylic oxidation sites excluding steroid dienone is 2. The van der Waals surface area contributed by atoms with Gasteiger partial charge in [0.25, 0.3) is 0 Å². The van der Waals surface area contributed by atoms with E-state index in [-0.39, 0.29) is 11.6 Å². The van der Waals surface area contributed by atoms with Gasteiger partial charge < -0.3 is 4.74 Å². The number of hydrogen-bond acceptors (Lipinski definition) is 2. The van der Waals surface area contributed by atoms with E-state index in [1.165, 1.54) is 11.1 Å². The molecule has 0 amide bonds. The molecule has 1 atom stereocenters. The van der Waals surface area contributed by atoms with Crippen molar-refractivity contribution in [1.29, 1.82) is 0 Å². The number of hydrogen-bond donors (Lipinski definition) is 1. The van der Waals surface area contributed by atoms with Crippen LogP contribution >= 0.6 is 0 Å². The zero-order valence-electron chi connectivity index (χ0n) is 12.5. The molecule has 0 bridgehead atoms. The van der Waals surface area contributed by atoms with Crippen LogP contribution in [-0.2, 0) is 4.74 Å². The van der Waals surface area contributed by atoms with Crippen LogP contribution in [0.25, 0.3) is 0 Å². The molecule has 1 fully saturated rings.